The lowest BCUT2D eigenvalue weighted by molar-refractivity contribution is -0.117. The van der Waals surface area contributed by atoms with Gasteiger partial charge in [-0.1, -0.05) is 25.1 Å². The van der Waals surface area contributed by atoms with E-state index >= 15 is 0 Å². The van der Waals surface area contributed by atoms with Gasteiger partial charge in [-0.25, -0.2) is 0 Å². The summed E-state index contributed by atoms with van der Waals surface area (Å²) < 4.78 is 0. The van der Waals surface area contributed by atoms with E-state index in [0.29, 0.717) is 12.3 Å². The number of carbonyl (C=O) groups excluding carboxylic acids is 1. The number of Topliss-reactive ketones (excluding diaryl/α,β-unsaturated/α-hetero) is 1. The van der Waals surface area contributed by atoms with Gasteiger partial charge < -0.3 is 4.79 Å². The molecule has 0 saturated carbocycles. The number of hydrogen-bond donors (Lipinski definition) is 0. The van der Waals surface area contributed by atoms with Crippen LogP contribution in [0.15, 0.2) is 18.2 Å². The van der Waals surface area contributed by atoms with Crippen molar-refractivity contribution in [2.24, 2.45) is 5.92 Å². The first kappa shape index (κ1) is 12.0. The topological polar surface area (TPSA) is 17.1 Å². The zero-order valence-corrected chi connectivity index (χ0v) is 10.1. The number of hydrogen-bond acceptors (Lipinski definition) is 1. The van der Waals surface area contributed by atoms with Gasteiger partial charge in [0.25, 0.3) is 0 Å². The van der Waals surface area contributed by atoms with E-state index in [1.54, 1.807) is 6.92 Å². The smallest absolute Gasteiger partial charge is 0.130 e. The molecular formula is C14H20O. The second-order valence-electron chi connectivity index (χ2n) is 4.59. The molecule has 1 rings (SSSR count). The molecule has 0 radical (unpaired) electrons. The summed E-state index contributed by atoms with van der Waals surface area (Å²) >= 11 is 0. The minimum Gasteiger partial charge on any atom is -0.300 e. The van der Waals surface area contributed by atoms with Gasteiger partial charge in [-0.05, 0) is 49.8 Å². The Morgan fingerprint density at radius 3 is 2.27 bits per heavy atom. The summed E-state index contributed by atoms with van der Waals surface area (Å²) in [7, 11) is 0. The van der Waals surface area contributed by atoms with Crippen LogP contribution in [-0.4, -0.2) is 5.78 Å². The highest BCUT2D eigenvalue weighted by atomic mass is 16.1. The Bertz CT molecular complexity index is 332. The largest absolute Gasteiger partial charge is 0.300 e. The van der Waals surface area contributed by atoms with Crippen LogP contribution in [0.25, 0.3) is 0 Å². The number of carbonyl (C=O) groups is 1. The van der Waals surface area contributed by atoms with Gasteiger partial charge in [0.2, 0.25) is 0 Å². The predicted octanol–water partition coefficient (Wildman–Crippen LogP) is 3.46. The third-order valence-corrected chi connectivity index (χ3v) is 2.83. The molecule has 0 aliphatic carbocycles. The molecule has 0 N–H and O–H groups in total. The summed E-state index contributed by atoms with van der Waals surface area (Å²) in [5.41, 5.74) is 4.09. The Hall–Kier alpha value is -1.11. The van der Waals surface area contributed by atoms with Crippen molar-refractivity contribution in [2.75, 3.05) is 0 Å². The van der Waals surface area contributed by atoms with Gasteiger partial charge in [-0.2, -0.15) is 0 Å². The molecule has 1 nitrogen and oxygen atoms in total. The van der Waals surface area contributed by atoms with Gasteiger partial charge >= 0.3 is 0 Å². The van der Waals surface area contributed by atoms with E-state index in [9.17, 15) is 4.79 Å². The first-order valence-corrected chi connectivity index (χ1v) is 5.55. The molecule has 0 spiro atoms. The molecule has 1 aromatic carbocycles. The van der Waals surface area contributed by atoms with Crippen LogP contribution < -0.4 is 0 Å². The molecule has 1 aromatic rings. The Morgan fingerprint density at radius 1 is 1.27 bits per heavy atom. The Morgan fingerprint density at radius 2 is 1.80 bits per heavy atom. The molecule has 1 heteroatoms. The van der Waals surface area contributed by atoms with Crippen LogP contribution in [0.2, 0.25) is 0 Å². The van der Waals surface area contributed by atoms with Gasteiger partial charge in [0.15, 0.2) is 0 Å². The fourth-order valence-corrected chi connectivity index (χ4v) is 2.08. The van der Waals surface area contributed by atoms with Crippen molar-refractivity contribution in [2.45, 2.75) is 40.5 Å². The van der Waals surface area contributed by atoms with Crippen molar-refractivity contribution >= 4 is 5.78 Å². The molecule has 0 amide bonds. The lowest BCUT2D eigenvalue weighted by atomic mass is 9.91. The van der Waals surface area contributed by atoms with Crippen LogP contribution in [0.4, 0.5) is 0 Å². The Labute approximate surface area is 92.5 Å². The maximum Gasteiger partial charge on any atom is 0.130 e. The summed E-state index contributed by atoms with van der Waals surface area (Å²) in [5, 5.41) is 0. The molecular weight excluding hydrogens is 184 g/mol. The summed E-state index contributed by atoms with van der Waals surface area (Å²) in [6.45, 7) is 8.10. The standard InChI is InChI=1S/C14H20O/c1-10(8-13(4)15)9-14-11(2)6-5-7-12(14)3/h5-7,10H,8-9H2,1-4H3. The van der Waals surface area contributed by atoms with Crippen molar-refractivity contribution in [1.82, 2.24) is 0 Å². The highest BCUT2D eigenvalue weighted by molar-refractivity contribution is 5.75. The van der Waals surface area contributed by atoms with E-state index in [1.807, 2.05) is 0 Å². The average molecular weight is 204 g/mol. The van der Waals surface area contributed by atoms with Crippen molar-refractivity contribution in [3.8, 4) is 0 Å². The van der Waals surface area contributed by atoms with Gasteiger partial charge in [-0.15, -0.1) is 0 Å². The lowest BCUT2D eigenvalue weighted by Gasteiger charge is -2.14. The molecule has 82 valence electrons. The Balaban J connectivity index is 2.76. The van der Waals surface area contributed by atoms with Gasteiger partial charge in [0.1, 0.15) is 5.78 Å². The molecule has 1 atom stereocenters. The van der Waals surface area contributed by atoms with E-state index in [4.69, 9.17) is 0 Å². The first-order valence-electron chi connectivity index (χ1n) is 5.55. The molecule has 0 aromatic heterocycles. The molecule has 0 fully saturated rings. The van der Waals surface area contributed by atoms with Crippen LogP contribution in [0.1, 0.15) is 37.0 Å². The second kappa shape index (κ2) is 5.11. The second-order valence-corrected chi connectivity index (χ2v) is 4.59. The molecule has 0 heterocycles. The Kier molecular flexibility index (Phi) is 4.07. The summed E-state index contributed by atoms with van der Waals surface area (Å²) in [4.78, 5) is 11.0. The zero-order chi connectivity index (χ0) is 11.4. The maximum atomic E-state index is 11.0. The fraction of sp³-hybridized carbons (Fsp3) is 0.500. The number of benzene rings is 1. The minimum absolute atomic E-state index is 0.286. The van der Waals surface area contributed by atoms with Crippen LogP contribution in [-0.2, 0) is 11.2 Å². The van der Waals surface area contributed by atoms with E-state index < -0.39 is 0 Å². The van der Waals surface area contributed by atoms with Gasteiger partial charge in [0.05, 0.1) is 0 Å². The highest BCUT2D eigenvalue weighted by Gasteiger charge is 2.09. The predicted molar refractivity (Wildman–Crippen MR) is 64.1 cm³/mol. The molecule has 1 unspecified atom stereocenters. The third-order valence-electron chi connectivity index (χ3n) is 2.83. The molecule has 0 aliphatic rings. The maximum absolute atomic E-state index is 11.0. The molecule has 0 bridgehead atoms. The van der Waals surface area contributed by atoms with E-state index in [-0.39, 0.29) is 5.78 Å². The minimum atomic E-state index is 0.286. The molecule has 0 saturated heterocycles. The zero-order valence-electron chi connectivity index (χ0n) is 10.1. The summed E-state index contributed by atoms with van der Waals surface area (Å²) in [6, 6.07) is 6.37. The van der Waals surface area contributed by atoms with Crippen LogP contribution >= 0.6 is 0 Å². The first-order chi connectivity index (χ1) is 7.00. The van der Waals surface area contributed by atoms with Gasteiger partial charge in [-0.3, -0.25) is 0 Å². The van der Waals surface area contributed by atoms with E-state index in [2.05, 4.69) is 39.0 Å². The van der Waals surface area contributed by atoms with Crippen molar-refractivity contribution in [3.05, 3.63) is 34.9 Å². The number of ketones is 1. The highest BCUT2D eigenvalue weighted by Crippen LogP contribution is 2.19. The van der Waals surface area contributed by atoms with Crippen molar-refractivity contribution in [3.63, 3.8) is 0 Å². The monoisotopic (exact) mass is 204 g/mol. The summed E-state index contributed by atoms with van der Waals surface area (Å²) in [6.07, 6.45) is 1.70. The van der Waals surface area contributed by atoms with Crippen molar-refractivity contribution in [1.29, 1.82) is 0 Å². The number of rotatable bonds is 4. The quantitative estimate of drug-likeness (QED) is 0.734. The SMILES string of the molecule is CC(=O)CC(C)Cc1c(C)cccc1C. The van der Waals surface area contributed by atoms with E-state index in [1.165, 1.54) is 16.7 Å². The summed E-state index contributed by atoms with van der Waals surface area (Å²) in [5.74, 6) is 0.732. The molecule has 15 heavy (non-hydrogen) atoms. The lowest BCUT2D eigenvalue weighted by Crippen LogP contribution is -2.07. The van der Waals surface area contributed by atoms with E-state index in [0.717, 1.165) is 6.42 Å². The van der Waals surface area contributed by atoms with Crippen molar-refractivity contribution < 1.29 is 4.79 Å². The van der Waals surface area contributed by atoms with Crippen LogP contribution in [0.3, 0.4) is 0 Å². The molecule has 0 aliphatic heterocycles. The fourth-order valence-electron chi connectivity index (χ4n) is 2.08. The average Bonchev–Trinajstić information content (AvgIpc) is 2.10. The normalized spacial score (nSPS) is 12.5. The van der Waals surface area contributed by atoms with Crippen LogP contribution in [0.5, 0.6) is 0 Å². The van der Waals surface area contributed by atoms with Gasteiger partial charge in [0, 0.05) is 6.42 Å². The van der Waals surface area contributed by atoms with Crippen LogP contribution in [0, 0.1) is 19.8 Å². The number of aryl methyl sites for hydroxylation is 2. The third kappa shape index (κ3) is 3.50.